The Morgan fingerprint density at radius 3 is 2.07 bits per heavy atom. The van der Waals surface area contributed by atoms with Crippen LogP contribution in [0, 0.1) is 39.9 Å². The molecule has 300 valence electrons. The van der Waals surface area contributed by atoms with Crippen LogP contribution in [0.15, 0.2) is 12.7 Å². The minimum Gasteiger partial charge on any atom is -0.346 e. The Balaban J connectivity index is 1.35. The van der Waals surface area contributed by atoms with Crippen LogP contribution in [-0.2, 0) is 28.8 Å². The minimum atomic E-state index is -1.01. The number of fused-ring (bicyclic) bond motifs is 1. The van der Waals surface area contributed by atoms with Gasteiger partial charge in [0.15, 0.2) is 0 Å². The van der Waals surface area contributed by atoms with Crippen molar-refractivity contribution in [3.8, 4) is 0 Å². The van der Waals surface area contributed by atoms with Crippen molar-refractivity contribution < 1.29 is 33.6 Å². The lowest BCUT2D eigenvalue weighted by atomic mass is 9.80. The number of piperidine rings is 2. The predicted molar refractivity (Wildman–Crippen MR) is 203 cm³/mol. The molecule has 13 heteroatoms. The van der Waals surface area contributed by atoms with Crippen LogP contribution in [0.1, 0.15) is 119 Å². The van der Waals surface area contributed by atoms with Crippen LogP contribution < -0.4 is 21.3 Å². The molecule has 6 atom stereocenters. The van der Waals surface area contributed by atoms with Crippen LogP contribution in [0.2, 0.25) is 0 Å². The summed E-state index contributed by atoms with van der Waals surface area (Å²) in [7, 11) is 0. The maximum absolute atomic E-state index is 14.8. The molecule has 2 heterocycles. The van der Waals surface area contributed by atoms with Gasteiger partial charge in [-0.25, -0.2) is 4.79 Å². The van der Waals surface area contributed by atoms with Gasteiger partial charge >= 0.3 is 6.03 Å². The number of nitrogens with one attached hydrogen (secondary N) is 4. The van der Waals surface area contributed by atoms with Crippen molar-refractivity contribution in [2.45, 2.75) is 143 Å². The van der Waals surface area contributed by atoms with Gasteiger partial charge in [-0.05, 0) is 59.2 Å². The molecule has 2 aliphatic heterocycles. The van der Waals surface area contributed by atoms with Gasteiger partial charge in [0.25, 0.3) is 5.91 Å². The maximum atomic E-state index is 14.8. The van der Waals surface area contributed by atoms with Crippen LogP contribution in [0.5, 0.6) is 0 Å². The molecule has 3 aliphatic carbocycles. The highest BCUT2D eigenvalue weighted by molar-refractivity contribution is 6.38. The Morgan fingerprint density at radius 1 is 0.889 bits per heavy atom. The van der Waals surface area contributed by atoms with Gasteiger partial charge in [-0.3, -0.25) is 33.7 Å². The van der Waals surface area contributed by atoms with E-state index in [1.54, 1.807) is 4.90 Å². The fourth-order valence-corrected chi connectivity index (χ4v) is 9.28. The number of imide groups is 1. The SMILES string of the molecule is C=CCNC(=O)C(=O)C(CC1CCC1)NC(=O)[C@@H]1[C@@H]2[C@H](CN1C(=O)[C@@H](NC(=O)N[C@H](CN1C(=O)CC(C)(C)CC1=O)C(C)(C)C)C1CCCCC1)C2(C)C. The van der Waals surface area contributed by atoms with Crippen molar-refractivity contribution >= 4 is 41.4 Å². The Morgan fingerprint density at radius 2 is 1.52 bits per heavy atom. The van der Waals surface area contributed by atoms with Gasteiger partial charge < -0.3 is 26.2 Å². The molecule has 5 aliphatic rings. The third-order valence-corrected chi connectivity index (χ3v) is 13.1. The fraction of sp³-hybridized carbons (Fsp3) is 0.780. The number of rotatable bonds is 14. The quantitative estimate of drug-likeness (QED) is 0.119. The zero-order chi connectivity index (χ0) is 39.7. The number of carbonyl (C=O) groups is 7. The summed E-state index contributed by atoms with van der Waals surface area (Å²) in [4.78, 5) is 98.1. The zero-order valence-electron chi connectivity index (χ0n) is 33.6. The number of urea groups is 1. The Bertz CT molecular complexity index is 1490. The van der Waals surface area contributed by atoms with E-state index < -0.39 is 58.6 Å². The van der Waals surface area contributed by atoms with Crippen LogP contribution >= 0.6 is 0 Å². The molecule has 54 heavy (non-hydrogen) atoms. The van der Waals surface area contributed by atoms with Crippen LogP contribution in [0.4, 0.5) is 4.79 Å². The lowest BCUT2D eigenvalue weighted by molar-refractivity contribution is -0.153. The van der Waals surface area contributed by atoms with Crippen molar-refractivity contribution in [1.82, 2.24) is 31.1 Å². The summed E-state index contributed by atoms with van der Waals surface area (Å²) < 4.78 is 0. The van der Waals surface area contributed by atoms with Crippen molar-refractivity contribution in [2.24, 2.45) is 39.9 Å². The molecule has 7 amide bonds. The number of Topliss-reactive ketones (excluding diaryl/α,β-unsaturated/α-hetero) is 1. The number of carbonyl (C=O) groups excluding carboxylic acids is 7. The molecule has 5 fully saturated rings. The van der Waals surface area contributed by atoms with Gasteiger partial charge in [0.2, 0.25) is 29.4 Å². The van der Waals surface area contributed by atoms with Crippen molar-refractivity contribution in [1.29, 1.82) is 0 Å². The minimum absolute atomic E-state index is 0.0197. The highest BCUT2D eigenvalue weighted by Crippen LogP contribution is 2.65. The highest BCUT2D eigenvalue weighted by atomic mass is 16.2. The molecule has 13 nitrogen and oxygen atoms in total. The summed E-state index contributed by atoms with van der Waals surface area (Å²) in [5.74, 6) is -2.77. The molecule has 0 radical (unpaired) electrons. The first-order chi connectivity index (χ1) is 25.2. The zero-order valence-corrected chi connectivity index (χ0v) is 33.6. The lowest BCUT2D eigenvalue weighted by Crippen LogP contribution is -2.62. The molecule has 1 unspecified atom stereocenters. The largest absolute Gasteiger partial charge is 0.346 e. The topological polar surface area (TPSA) is 174 Å². The molecule has 0 aromatic rings. The molecule has 0 spiro atoms. The van der Waals surface area contributed by atoms with Gasteiger partial charge in [-0.2, -0.15) is 0 Å². The van der Waals surface area contributed by atoms with Crippen LogP contribution in [-0.4, -0.2) is 95.0 Å². The Hall–Kier alpha value is -3.77. The molecular weight excluding hydrogens is 688 g/mol. The number of likely N-dealkylation sites (tertiary alicyclic amines) is 2. The van der Waals surface area contributed by atoms with E-state index in [-0.39, 0.29) is 72.7 Å². The van der Waals surface area contributed by atoms with Crippen LogP contribution in [0.3, 0.4) is 0 Å². The molecule has 0 aromatic heterocycles. The molecule has 5 rings (SSSR count). The first-order valence-electron chi connectivity index (χ1n) is 20.2. The summed E-state index contributed by atoms with van der Waals surface area (Å²) in [6.07, 6.45) is 9.56. The normalized spacial score (nSPS) is 26.8. The van der Waals surface area contributed by atoms with E-state index in [4.69, 9.17) is 0 Å². The Kier molecular flexibility index (Phi) is 12.4. The van der Waals surface area contributed by atoms with Crippen molar-refractivity contribution in [3.63, 3.8) is 0 Å². The number of amides is 7. The summed E-state index contributed by atoms with van der Waals surface area (Å²) in [5.41, 5.74) is -1.15. The average molecular weight is 753 g/mol. The van der Waals surface area contributed by atoms with E-state index in [2.05, 4.69) is 41.7 Å². The van der Waals surface area contributed by atoms with E-state index in [9.17, 15) is 33.6 Å². The van der Waals surface area contributed by atoms with E-state index in [1.165, 1.54) is 11.0 Å². The molecule has 3 saturated carbocycles. The number of hydrogen-bond donors (Lipinski definition) is 4. The number of hydrogen-bond acceptors (Lipinski definition) is 7. The molecule has 0 bridgehead atoms. The predicted octanol–water partition coefficient (Wildman–Crippen LogP) is 3.85. The molecule has 4 N–H and O–H groups in total. The second-order valence-corrected chi connectivity index (χ2v) is 19.2. The maximum Gasteiger partial charge on any atom is 0.315 e. The third kappa shape index (κ3) is 9.18. The summed E-state index contributed by atoms with van der Waals surface area (Å²) in [5, 5.41) is 11.5. The first-order valence-corrected chi connectivity index (χ1v) is 20.2. The van der Waals surface area contributed by atoms with E-state index in [0.717, 1.165) is 51.4 Å². The summed E-state index contributed by atoms with van der Waals surface area (Å²) in [6.45, 7) is 17.8. The van der Waals surface area contributed by atoms with Gasteiger partial charge in [0.05, 0.1) is 12.1 Å². The lowest BCUT2D eigenvalue weighted by Gasteiger charge is -2.40. The van der Waals surface area contributed by atoms with Gasteiger partial charge in [-0.1, -0.05) is 93.1 Å². The monoisotopic (exact) mass is 752 g/mol. The van der Waals surface area contributed by atoms with Crippen molar-refractivity contribution in [3.05, 3.63) is 12.7 Å². The van der Waals surface area contributed by atoms with E-state index >= 15 is 0 Å². The summed E-state index contributed by atoms with van der Waals surface area (Å²) in [6, 6.07) is -3.94. The van der Waals surface area contributed by atoms with Gasteiger partial charge in [0, 0.05) is 32.5 Å². The second kappa shape index (κ2) is 16.1. The summed E-state index contributed by atoms with van der Waals surface area (Å²) >= 11 is 0. The third-order valence-electron chi connectivity index (χ3n) is 13.1. The van der Waals surface area contributed by atoms with Gasteiger partial charge in [-0.15, -0.1) is 6.58 Å². The Labute approximate surface area is 320 Å². The standard InChI is InChI=1S/C41H64N6O7/c1-9-18-42-36(52)34(50)27(19-24-14-13-15-24)43-35(51)33-31-26(41(31,7)8)22-47(33)37(53)32(25-16-11-10-12-17-25)45-38(54)44-28(39(2,3)4)23-46-29(48)20-40(5,6)21-30(46)49/h9,24-28,31-33H,1,10-23H2,2-8H3,(H,42,52)(H,43,51)(H2,44,45,54)/t26-,27?,28+,31-,32-,33-/m0/s1. The van der Waals surface area contributed by atoms with E-state index in [0.29, 0.717) is 13.0 Å². The molecular formula is C41H64N6O7. The van der Waals surface area contributed by atoms with Gasteiger partial charge in [0.1, 0.15) is 12.1 Å². The fourth-order valence-electron chi connectivity index (χ4n) is 9.28. The number of ketones is 1. The number of nitrogens with zero attached hydrogens (tertiary/aromatic N) is 2. The average Bonchev–Trinajstić information content (AvgIpc) is 3.37. The first kappa shape index (κ1) is 41.4. The molecule has 2 saturated heterocycles. The molecule has 0 aromatic carbocycles. The van der Waals surface area contributed by atoms with Crippen LogP contribution in [0.25, 0.3) is 0 Å². The smallest absolute Gasteiger partial charge is 0.315 e. The van der Waals surface area contributed by atoms with E-state index in [1.807, 2.05) is 34.6 Å². The second-order valence-electron chi connectivity index (χ2n) is 19.2. The highest BCUT2D eigenvalue weighted by Gasteiger charge is 2.70. The van der Waals surface area contributed by atoms with Crippen molar-refractivity contribution in [2.75, 3.05) is 19.6 Å².